The van der Waals surface area contributed by atoms with E-state index in [1.54, 1.807) is 24.3 Å². The number of carboxylic acids is 1. The number of carboxylic acid groups (broad SMARTS) is 1. The lowest BCUT2D eigenvalue weighted by Crippen LogP contribution is -2.26. The molecule has 0 fully saturated rings. The van der Waals surface area contributed by atoms with Crippen molar-refractivity contribution in [2.75, 3.05) is 5.32 Å². The third-order valence-corrected chi connectivity index (χ3v) is 8.01. The maximum absolute atomic E-state index is 13.7. The Bertz CT molecular complexity index is 1690. The van der Waals surface area contributed by atoms with Crippen LogP contribution in [0.15, 0.2) is 114 Å². The zero-order chi connectivity index (χ0) is 28.9. The second-order valence-electron chi connectivity index (χ2n) is 11.0. The lowest BCUT2D eigenvalue weighted by Gasteiger charge is -2.18. The van der Waals surface area contributed by atoms with E-state index in [0.29, 0.717) is 18.5 Å². The van der Waals surface area contributed by atoms with Crippen molar-refractivity contribution in [1.29, 1.82) is 0 Å². The summed E-state index contributed by atoms with van der Waals surface area (Å²) in [7, 11) is 0. The Hall–Kier alpha value is -4.90. The maximum Gasteiger partial charge on any atom is 0.335 e. The third kappa shape index (κ3) is 6.36. The van der Waals surface area contributed by atoms with Crippen molar-refractivity contribution in [2.24, 2.45) is 5.92 Å². The summed E-state index contributed by atoms with van der Waals surface area (Å²) in [4.78, 5) is 25.0. The second kappa shape index (κ2) is 12.3. The molecule has 1 unspecified atom stereocenters. The minimum atomic E-state index is -0.963. The summed E-state index contributed by atoms with van der Waals surface area (Å²) < 4.78 is 5.99. The fraction of sp³-hybridized carbons (Fsp3) is 0.189. The molecule has 0 aliphatic heterocycles. The molecule has 2 N–H and O–H groups in total. The molecule has 0 radical (unpaired) electrons. The van der Waals surface area contributed by atoms with Crippen LogP contribution in [0.4, 0.5) is 5.69 Å². The van der Waals surface area contributed by atoms with Crippen molar-refractivity contribution in [3.05, 3.63) is 131 Å². The number of nitrogens with one attached hydrogen (secondary N) is 1. The van der Waals surface area contributed by atoms with Crippen LogP contribution >= 0.6 is 0 Å². The van der Waals surface area contributed by atoms with E-state index >= 15 is 0 Å². The molecule has 4 aromatic carbocycles. The van der Waals surface area contributed by atoms with Gasteiger partial charge in [0.1, 0.15) is 11.3 Å². The molecule has 1 atom stereocenters. The monoisotopic (exact) mass is 555 g/mol. The van der Waals surface area contributed by atoms with Crippen molar-refractivity contribution in [1.82, 2.24) is 0 Å². The molecule has 42 heavy (non-hydrogen) atoms. The van der Waals surface area contributed by atoms with Crippen LogP contribution in [0, 0.1) is 5.92 Å². The van der Waals surface area contributed by atoms with E-state index in [0.717, 1.165) is 46.3 Å². The molecule has 0 saturated carbocycles. The molecule has 6 rings (SSSR count). The highest BCUT2D eigenvalue weighted by atomic mass is 16.4. The summed E-state index contributed by atoms with van der Waals surface area (Å²) >= 11 is 0. The predicted octanol–water partition coefficient (Wildman–Crippen LogP) is 8.80. The van der Waals surface area contributed by atoms with Gasteiger partial charge in [0.05, 0.1) is 5.56 Å². The topological polar surface area (TPSA) is 79.5 Å². The number of furan rings is 1. The molecule has 0 saturated heterocycles. The van der Waals surface area contributed by atoms with E-state index in [-0.39, 0.29) is 17.4 Å². The third-order valence-electron chi connectivity index (χ3n) is 8.01. The van der Waals surface area contributed by atoms with Crippen molar-refractivity contribution in [3.63, 3.8) is 0 Å². The van der Waals surface area contributed by atoms with Crippen LogP contribution in [0.2, 0.25) is 0 Å². The van der Waals surface area contributed by atoms with Crippen LogP contribution in [-0.4, -0.2) is 17.0 Å². The van der Waals surface area contributed by atoms with Gasteiger partial charge in [-0.05, 0) is 109 Å². The predicted molar refractivity (Wildman–Crippen MR) is 167 cm³/mol. The van der Waals surface area contributed by atoms with E-state index in [2.05, 4.69) is 35.7 Å². The summed E-state index contributed by atoms with van der Waals surface area (Å²) in [6.07, 6.45) is 8.16. The van der Waals surface area contributed by atoms with Crippen LogP contribution in [-0.2, 0) is 17.6 Å². The number of rotatable bonds is 9. The molecule has 1 aliphatic rings. The average Bonchev–Trinajstić information content (AvgIpc) is 3.47. The number of anilines is 1. The number of benzene rings is 4. The van der Waals surface area contributed by atoms with Crippen LogP contribution in [0.5, 0.6) is 0 Å². The lowest BCUT2D eigenvalue weighted by atomic mass is 9.89. The lowest BCUT2D eigenvalue weighted by molar-refractivity contribution is -0.119. The molecule has 5 nitrogen and oxygen atoms in total. The first-order chi connectivity index (χ1) is 20.5. The number of para-hydroxylation sites is 1. The number of carbonyl (C=O) groups excluding carboxylic acids is 1. The number of hydrogen-bond acceptors (Lipinski definition) is 3. The minimum absolute atomic E-state index is 0.0761. The van der Waals surface area contributed by atoms with Crippen LogP contribution in [0.25, 0.3) is 27.9 Å². The van der Waals surface area contributed by atoms with Gasteiger partial charge in [0.2, 0.25) is 5.91 Å². The number of allylic oxidation sites excluding steroid dienone is 2. The summed E-state index contributed by atoms with van der Waals surface area (Å²) in [6, 6.07) is 33.0. The molecule has 1 heterocycles. The Labute approximate surface area is 245 Å². The largest absolute Gasteiger partial charge is 0.478 e. The van der Waals surface area contributed by atoms with Gasteiger partial charge in [-0.3, -0.25) is 4.79 Å². The van der Waals surface area contributed by atoms with E-state index in [9.17, 15) is 14.7 Å². The first kappa shape index (κ1) is 27.3. The molecular formula is C37H33NO4. The molecule has 5 aromatic rings. The van der Waals surface area contributed by atoms with Crippen LogP contribution in [0.3, 0.4) is 0 Å². The van der Waals surface area contributed by atoms with Gasteiger partial charge >= 0.3 is 5.97 Å². The van der Waals surface area contributed by atoms with Crippen molar-refractivity contribution in [2.45, 2.75) is 38.5 Å². The maximum atomic E-state index is 13.7. The SMILES string of the molecule is O=C(O)c1ccc(CC(Cc2ccc(C3=CCCCC3)cc2)C(=O)Nc2ccc(-c3cc4ccccc4o3)cc2)cc1. The molecule has 5 heteroatoms. The number of carbonyl (C=O) groups is 2. The Balaban J connectivity index is 1.19. The highest BCUT2D eigenvalue weighted by Crippen LogP contribution is 2.30. The van der Waals surface area contributed by atoms with E-state index < -0.39 is 5.97 Å². The highest BCUT2D eigenvalue weighted by molar-refractivity contribution is 5.93. The minimum Gasteiger partial charge on any atom is -0.478 e. The summed E-state index contributed by atoms with van der Waals surface area (Å²) in [5, 5.41) is 13.4. The van der Waals surface area contributed by atoms with Crippen LogP contribution < -0.4 is 5.32 Å². The standard InChI is InChI=1S/C37H33NO4/c39-36(38-33-20-18-29(19-21-33)35-24-31-8-4-5-9-34(31)42-35)32(23-26-12-16-30(17-13-26)37(40)41)22-25-10-14-28(15-11-25)27-6-2-1-3-7-27/h4-6,8-21,24,32H,1-3,7,22-23H2,(H,38,39)(H,40,41). The van der Waals surface area contributed by atoms with Gasteiger partial charge < -0.3 is 14.8 Å². The first-order valence-corrected chi connectivity index (χ1v) is 14.5. The van der Waals surface area contributed by atoms with Crippen molar-refractivity contribution >= 4 is 34.1 Å². The number of amides is 1. The molecule has 1 aliphatic carbocycles. The molecule has 0 bridgehead atoms. The van der Waals surface area contributed by atoms with Crippen LogP contribution in [0.1, 0.15) is 52.7 Å². The normalized spacial score (nSPS) is 13.9. The van der Waals surface area contributed by atoms with Gasteiger partial charge in [0.25, 0.3) is 0 Å². The molecule has 0 spiro atoms. The number of hydrogen-bond donors (Lipinski definition) is 2. The van der Waals surface area contributed by atoms with E-state index in [1.165, 1.54) is 24.0 Å². The van der Waals surface area contributed by atoms with Crippen molar-refractivity contribution < 1.29 is 19.1 Å². The molecule has 1 amide bonds. The summed E-state index contributed by atoms with van der Waals surface area (Å²) in [6.45, 7) is 0. The number of aromatic carboxylic acids is 1. The highest BCUT2D eigenvalue weighted by Gasteiger charge is 2.21. The zero-order valence-corrected chi connectivity index (χ0v) is 23.4. The van der Waals surface area contributed by atoms with Gasteiger partial charge in [-0.1, -0.05) is 60.7 Å². The molecule has 1 aromatic heterocycles. The Morgan fingerprint density at radius 1 is 0.786 bits per heavy atom. The van der Waals surface area contributed by atoms with Gasteiger partial charge in [-0.2, -0.15) is 0 Å². The molecule has 210 valence electrons. The van der Waals surface area contributed by atoms with Gasteiger partial charge in [0, 0.05) is 22.6 Å². The smallest absolute Gasteiger partial charge is 0.335 e. The Kier molecular flexibility index (Phi) is 8.00. The van der Waals surface area contributed by atoms with Gasteiger partial charge in [-0.15, -0.1) is 0 Å². The zero-order valence-electron chi connectivity index (χ0n) is 23.4. The summed E-state index contributed by atoms with van der Waals surface area (Å²) in [5.74, 6) is -0.595. The fourth-order valence-corrected chi connectivity index (χ4v) is 5.65. The molecular weight excluding hydrogens is 522 g/mol. The van der Waals surface area contributed by atoms with Gasteiger partial charge in [-0.25, -0.2) is 4.79 Å². The average molecular weight is 556 g/mol. The Morgan fingerprint density at radius 2 is 1.45 bits per heavy atom. The van der Waals surface area contributed by atoms with Gasteiger partial charge in [0.15, 0.2) is 0 Å². The first-order valence-electron chi connectivity index (χ1n) is 14.5. The quantitative estimate of drug-likeness (QED) is 0.190. The second-order valence-corrected chi connectivity index (χ2v) is 11.0. The summed E-state index contributed by atoms with van der Waals surface area (Å²) in [5.41, 5.74) is 7.41. The van der Waals surface area contributed by atoms with E-state index in [1.807, 2.05) is 54.6 Å². The number of fused-ring (bicyclic) bond motifs is 1. The van der Waals surface area contributed by atoms with E-state index in [4.69, 9.17) is 4.42 Å². The Morgan fingerprint density at radius 3 is 2.10 bits per heavy atom. The fourth-order valence-electron chi connectivity index (χ4n) is 5.65. The van der Waals surface area contributed by atoms with Crippen molar-refractivity contribution in [3.8, 4) is 11.3 Å².